The van der Waals surface area contributed by atoms with Gasteiger partial charge < -0.3 is 14.4 Å². The lowest BCUT2D eigenvalue weighted by atomic mass is 9.87. The lowest BCUT2D eigenvalue weighted by Crippen LogP contribution is -2.45. The van der Waals surface area contributed by atoms with Crippen LogP contribution in [0.1, 0.15) is 31.4 Å². The van der Waals surface area contributed by atoms with Crippen LogP contribution in [0.25, 0.3) is 0 Å². The maximum Gasteiger partial charge on any atom is 0.248 e. The third kappa shape index (κ3) is 3.82. The van der Waals surface area contributed by atoms with E-state index in [1.54, 1.807) is 7.11 Å². The molecule has 1 aromatic carbocycles. The fourth-order valence-electron chi connectivity index (χ4n) is 4.18. The summed E-state index contributed by atoms with van der Waals surface area (Å²) in [5, 5.41) is 0. The smallest absolute Gasteiger partial charge is 0.248 e. The fourth-order valence-corrected chi connectivity index (χ4v) is 4.18. The highest BCUT2D eigenvalue weighted by molar-refractivity contribution is 5.78. The van der Waals surface area contributed by atoms with Crippen molar-refractivity contribution < 1.29 is 14.3 Å². The average Bonchev–Trinajstić information content (AvgIpc) is 2.87. The summed E-state index contributed by atoms with van der Waals surface area (Å²) in [5.74, 6) is 1.10. The Morgan fingerprint density at radius 1 is 1.32 bits per heavy atom. The van der Waals surface area contributed by atoms with Gasteiger partial charge in [-0.05, 0) is 39.3 Å². The maximum atomic E-state index is 12.3. The Bertz CT molecular complexity index is 631. The largest absolute Gasteiger partial charge is 0.496 e. The Morgan fingerprint density at radius 3 is 2.84 bits per heavy atom. The van der Waals surface area contributed by atoms with E-state index in [2.05, 4.69) is 43.9 Å². The summed E-state index contributed by atoms with van der Waals surface area (Å²) < 4.78 is 11.3. The van der Waals surface area contributed by atoms with Crippen LogP contribution < -0.4 is 4.74 Å². The van der Waals surface area contributed by atoms with E-state index >= 15 is 0 Å². The molecule has 138 valence electrons. The van der Waals surface area contributed by atoms with Gasteiger partial charge in [0.25, 0.3) is 0 Å². The van der Waals surface area contributed by atoms with Crippen LogP contribution in [0.5, 0.6) is 5.75 Å². The first kappa shape index (κ1) is 18.2. The van der Waals surface area contributed by atoms with Gasteiger partial charge in [-0.3, -0.25) is 9.69 Å². The summed E-state index contributed by atoms with van der Waals surface area (Å²) in [6, 6.07) is 6.54. The number of nitrogens with zero attached hydrogens (tertiary/aromatic N) is 2. The van der Waals surface area contributed by atoms with E-state index in [-0.39, 0.29) is 24.0 Å². The second-order valence-electron chi connectivity index (χ2n) is 7.84. The molecule has 0 radical (unpaired) electrons. The molecule has 1 unspecified atom stereocenters. The molecule has 1 spiro atoms. The van der Waals surface area contributed by atoms with E-state index in [4.69, 9.17) is 9.47 Å². The number of rotatable bonds is 4. The molecular weight excluding hydrogens is 316 g/mol. The lowest BCUT2D eigenvalue weighted by Gasteiger charge is -2.34. The monoisotopic (exact) mass is 346 g/mol. The first-order valence-corrected chi connectivity index (χ1v) is 9.16. The second-order valence-corrected chi connectivity index (χ2v) is 7.84. The van der Waals surface area contributed by atoms with Gasteiger partial charge in [-0.1, -0.05) is 18.2 Å². The molecule has 0 aromatic heterocycles. The SMILES string of the molecule is COc1c(C)cccc1CN1CCC2(COCC(=O)N(C(C)C)C2)C1. The van der Waals surface area contributed by atoms with Crippen molar-refractivity contribution in [1.29, 1.82) is 0 Å². The van der Waals surface area contributed by atoms with Crippen LogP contribution in [-0.2, 0) is 16.1 Å². The zero-order chi connectivity index (χ0) is 18.0. The van der Waals surface area contributed by atoms with Gasteiger partial charge in [0.15, 0.2) is 0 Å². The van der Waals surface area contributed by atoms with Gasteiger partial charge in [-0.25, -0.2) is 0 Å². The van der Waals surface area contributed by atoms with Gasteiger partial charge in [0.2, 0.25) is 5.91 Å². The van der Waals surface area contributed by atoms with Crippen molar-refractivity contribution in [2.75, 3.05) is 40.0 Å². The number of aryl methyl sites for hydroxylation is 1. The highest BCUT2D eigenvalue weighted by Crippen LogP contribution is 2.36. The van der Waals surface area contributed by atoms with Crippen molar-refractivity contribution in [2.45, 2.75) is 39.8 Å². The number of amides is 1. The molecule has 1 aromatic rings. The zero-order valence-electron chi connectivity index (χ0n) is 15.9. The Balaban J connectivity index is 1.72. The minimum Gasteiger partial charge on any atom is -0.496 e. The second kappa shape index (κ2) is 7.34. The molecule has 5 heteroatoms. The molecule has 5 nitrogen and oxygen atoms in total. The molecular formula is C20H30N2O3. The number of likely N-dealkylation sites (tertiary alicyclic amines) is 1. The van der Waals surface area contributed by atoms with Gasteiger partial charge >= 0.3 is 0 Å². The Morgan fingerprint density at radius 2 is 2.12 bits per heavy atom. The molecule has 2 aliphatic rings. The van der Waals surface area contributed by atoms with E-state index in [0.717, 1.165) is 38.3 Å². The Kier molecular flexibility index (Phi) is 5.35. The minimum atomic E-state index is 0.0491. The number of ether oxygens (including phenoxy) is 2. The molecule has 0 aliphatic carbocycles. The zero-order valence-corrected chi connectivity index (χ0v) is 15.9. The average molecular weight is 346 g/mol. The number of benzene rings is 1. The van der Waals surface area contributed by atoms with Crippen molar-refractivity contribution in [3.8, 4) is 5.75 Å². The number of carbonyl (C=O) groups is 1. The lowest BCUT2D eigenvalue weighted by molar-refractivity contribution is -0.135. The standard InChI is InChI=1S/C20H30N2O3/c1-15(2)22-13-20(14-25-11-18(22)23)8-9-21(12-20)10-17-7-5-6-16(3)19(17)24-4/h5-7,15H,8-14H2,1-4H3. The summed E-state index contributed by atoms with van der Waals surface area (Å²) in [7, 11) is 1.74. The van der Waals surface area contributed by atoms with Crippen LogP contribution in [0.2, 0.25) is 0 Å². The molecule has 1 atom stereocenters. The van der Waals surface area contributed by atoms with Crippen LogP contribution in [-0.4, -0.2) is 61.7 Å². The number of para-hydroxylation sites is 1. The minimum absolute atomic E-state index is 0.0491. The van der Waals surface area contributed by atoms with E-state index in [1.165, 1.54) is 11.1 Å². The van der Waals surface area contributed by atoms with Gasteiger partial charge in [-0.15, -0.1) is 0 Å². The van der Waals surface area contributed by atoms with E-state index in [9.17, 15) is 4.79 Å². The number of hydrogen-bond donors (Lipinski definition) is 0. The molecule has 2 heterocycles. The van der Waals surface area contributed by atoms with Crippen LogP contribution in [0.3, 0.4) is 0 Å². The van der Waals surface area contributed by atoms with E-state index in [1.807, 2.05) is 4.90 Å². The van der Waals surface area contributed by atoms with Crippen LogP contribution >= 0.6 is 0 Å². The van der Waals surface area contributed by atoms with Crippen LogP contribution in [0.15, 0.2) is 18.2 Å². The van der Waals surface area contributed by atoms with Crippen molar-refractivity contribution in [3.63, 3.8) is 0 Å². The van der Waals surface area contributed by atoms with Gasteiger partial charge in [0.1, 0.15) is 12.4 Å². The molecule has 2 saturated heterocycles. The third-order valence-electron chi connectivity index (χ3n) is 5.49. The molecule has 2 aliphatic heterocycles. The Hall–Kier alpha value is -1.59. The topological polar surface area (TPSA) is 42.0 Å². The highest BCUT2D eigenvalue weighted by atomic mass is 16.5. The molecule has 0 N–H and O–H groups in total. The first-order valence-electron chi connectivity index (χ1n) is 9.16. The van der Waals surface area contributed by atoms with E-state index < -0.39 is 0 Å². The van der Waals surface area contributed by atoms with Crippen LogP contribution in [0.4, 0.5) is 0 Å². The Labute approximate surface area is 150 Å². The molecule has 1 amide bonds. The quantitative estimate of drug-likeness (QED) is 0.840. The third-order valence-corrected chi connectivity index (χ3v) is 5.49. The van der Waals surface area contributed by atoms with E-state index in [0.29, 0.717) is 6.61 Å². The maximum absolute atomic E-state index is 12.3. The normalized spacial score (nSPS) is 25.0. The van der Waals surface area contributed by atoms with Crippen molar-refractivity contribution in [1.82, 2.24) is 9.80 Å². The van der Waals surface area contributed by atoms with Crippen LogP contribution in [0, 0.1) is 12.3 Å². The highest BCUT2D eigenvalue weighted by Gasteiger charge is 2.43. The fraction of sp³-hybridized carbons (Fsp3) is 0.650. The van der Waals surface area contributed by atoms with Crippen molar-refractivity contribution >= 4 is 5.91 Å². The number of hydrogen-bond acceptors (Lipinski definition) is 4. The number of methoxy groups -OCH3 is 1. The molecule has 0 bridgehead atoms. The first-order chi connectivity index (χ1) is 11.9. The summed E-state index contributed by atoms with van der Waals surface area (Å²) in [6.07, 6.45) is 1.07. The predicted octanol–water partition coefficient (Wildman–Crippen LogP) is 2.46. The van der Waals surface area contributed by atoms with Gasteiger partial charge in [0, 0.05) is 36.7 Å². The predicted molar refractivity (Wildman–Crippen MR) is 97.7 cm³/mol. The molecule has 3 rings (SSSR count). The summed E-state index contributed by atoms with van der Waals surface area (Å²) in [6.45, 7) is 10.8. The van der Waals surface area contributed by atoms with Gasteiger partial charge in [-0.2, -0.15) is 0 Å². The summed E-state index contributed by atoms with van der Waals surface area (Å²) >= 11 is 0. The number of carbonyl (C=O) groups excluding carboxylic acids is 1. The molecule has 2 fully saturated rings. The van der Waals surface area contributed by atoms with Crippen molar-refractivity contribution in [2.24, 2.45) is 5.41 Å². The van der Waals surface area contributed by atoms with Crippen molar-refractivity contribution in [3.05, 3.63) is 29.3 Å². The van der Waals surface area contributed by atoms with Gasteiger partial charge in [0.05, 0.1) is 13.7 Å². The molecule has 25 heavy (non-hydrogen) atoms. The molecule has 0 saturated carbocycles. The summed E-state index contributed by atoms with van der Waals surface area (Å²) in [5.41, 5.74) is 2.45. The summed E-state index contributed by atoms with van der Waals surface area (Å²) in [4.78, 5) is 16.7.